The van der Waals surface area contributed by atoms with Crippen LogP contribution in [0.1, 0.15) is 12.8 Å². The number of pyridine rings is 1. The number of ether oxygens (including phenoxy) is 2. The first kappa shape index (κ1) is 30.3. The molecule has 0 saturated carbocycles. The maximum Gasteiger partial charge on any atom is 0.260 e. The van der Waals surface area contributed by atoms with Gasteiger partial charge in [-0.3, -0.25) is 14.2 Å². The normalized spacial score (nSPS) is 14.9. The van der Waals surface area contributed by atoms with Crippen molar-refractivity contribution in [2.45, 2.75) is 25.4 Å². The molecule has 2 aromatic heterocycles. The van der Waals surface area contributed by atoms with Gasteiger partial charge in [-0.25, -0.2) is 4.98 Å². The molecule has 2 N–H and O–H groups in total. The molecular weight excluding hydrogens is 591 g/mol. The number of nitrogens with zero attached hydrogens (tertiary/aromatic N) is 4. The maximum absolute atomic E-state index is 14.2. The first-order valence-corrected chi connectivity index (χ1v) is 14.6. The lowest BCUT2D eigenvalue weighted by molar-refractivity contribution is -0.127. The quantitative estimate of drug-likeness (QED) is 0.229. The second kappa shape index (κ2) is 13.5. The molecule has 1 saturated heterocycles. The number of benzene rings is 2. The Balaban J connectivity index is 1.56. The number of rotatable bonds is 10. The van der Waals surface area contributed by atoms with Crippen molar-refractivity contribution >= 4 is 51.8 Å². The molecule has 1 aliphatic heterocycles. The molecule has 3 heterocycles. The fraction of sp³-hybridized carbons (Fsp3) is 0.290. The van der Waals surface area contributed by atoms with E-state index in [0.29, 0.717) is 53.7 Å². The van der Waals surface area contributed by atoms with E-state index >= 15 is 0 Å². The van der Waals surface area contributed by atoms with Crippen molar-refractivity contribution in [3.05, 3.63) is 81.7 Å². The average molecular weight is 624 g/mol. The monoisotopic (exact) mass is 622 g/mol. The molecular formula is C31H32Cl2N6O4. The number of amides is 1. The maximum atomic E-state index is 14.2. The summed E-state index contributed by atoms with van der Waals surface area (Å²) < 4.78 is 12.5. The van der Waals surface area contributed by atoms with Crippen LogP contribution in [-0.4, -0.2) is 65.2 Å². The molecule has 1 unspecified atom stereocenters. The van der Waals surface area contributed by atoms with Crippen LogP contribution in [0.2, 0.25) is 10.0 Å². The second-order valence-electron chi connectivity index (χ2n) is 10.0. The molecule has 2 aromatic carbocycles. The highest BCUT2D eigenvalue weighted by Crippen LogP contribution is 2.45. The molecule has 10 nitrogen and oxygen atoms in total. The van der Waals surface area contributed by atoms with Crippen molar-refractivity contribution in [3.63, 3.8) is 0 Å². The fourth-order valence-electron chi connectivity index (χ4n) is 5.23. The number of likely N-dealkylation sites (tertiary alicyclic amines) is 1. The predicted molar refractivity (Wildman–Crippen MR) is 170 cm³/mol. The van der Waals surface area contributed by atoms with Crippen LogP contribution in [0, 0.1) is 0 Å². The largest absolute Gasteiger partial charge is 0.495 e. The summed E-state index contributed by atoms with van der Waals surface area (Å²) in [5.74, 6) is 0.900. The fourth-order valence-corrected chi connectivity index (χ4v) is 5.94. The summed E-state index contributed by atoms with van der Waals surface area (Å²) in [4.78, 5) is 37.4. The number of aromatic nitrogens is 3. The Morgan fingerprint density at radius 2 is 1.86 bits per heavy atom. The van der Waals surface area contributed by atoms with E-state index in [4.69, 9.17) is 37.7 Å². The third-order valence-corrected chi connectivity index (χ3v) is 8.13. The lowest BCUT2D eigenvalue weighted by Gasteiger charge is -2.32. The molecule has 0 aliphatic carbocycles. The molecule has 1 aliphatic rings. The first-order chi connectivity index (χ1) is 20.8. The van der Waals surface area contributed by atoms with Crippen molar-refractivity contribution in [3.8, 4) is 22.6 Å². The molecule has 0 bridgehead atoms. The zero-order chi connectivity index (χ0) is 30.5. The summed E-state index contributed by atoms with van der Waals surface area (Å²) in [6.07, 6.45) is 4.79. The lowest BCUT2D eigenvalue weighted by Crippen LogP contribution is -2.48. The number of hydrogen-bond acceptors (Lipinski definition) is 8. The van der Waals surface area contributed by atoms with Gasteiger partial charge >= 0.3 is 0 Å². The van der Waals surface area contributed by atoms with E-state index in [0.717, 1.165) is 18.5 Å². The van der Waals surface area contributed by atoms with Gasteiger partial charge in [-0.2, -0.15) is 4.98 Å². The SMILES string of the molecule is C=CC(=O)N1CCCC(NCCn2c(=O)c(-c3c(Cl)c(OC)cc(OC)c3Cl)cc3cnc(Nc4ccccc4)nc32)C1. The van der Waals surface area contributed by atoms with E-state index in [1.165, 1.54) is 20.3 Å². The van der Waals surface area contributed by atoms with Crippen molar-refractivity contribution in [2.24, 2.45) is 0 Å². The molecule has 12 heteroatoms. The Labute approximate surface area is 259 Å². The van der Waals surface area contributed by atoms with Gasteiger partial charge in [-0.15, -0.1) is 0 Å². The summed E-state index contributed by atoms with van der Waals surface area (Å²) in [5, 5.41) is 7.68. The summed E-state index contributed by atoms with van der Waals surface area (Å²) in [6, 6.07) is 12.9. The summed E-state index contributed by atoms with van der Waals surface area (Å²) in [7, 11) is 2.96. The van der Waals surface area contributed by atoms with Crippen LogP contribution < -0.4 is 25.7 Å². The van der Waals surface area contributed by atoms with E-state index in [2.05, 4.69) is 22.2 Å². The number of carbonyl (C=O) groups is 1. The minimum Gasteiger partial charge on any atom is -0.495 e. The standard InChI is InChI=1S/C31H32Cl2N6O4/c1-4-25(40)38-13-8-11-21(18-38)34-12-14-39-29-19(17-35-31(37-29)36-20-9-6-5-7-10-20)15-22(30(39)41)26-27(32)23(42-2)16-24(43-3)28(26)33/h4-7,9-10,15-17,21,34H,1,8,11-14,18H2,2-3H3,(H,35,36,37). The minimum absolute atomic E-state index is 0.0827. The van der Waals surface area contributed by atoms with E-state index in [1.54, 1.807) is 27.8 Å². The Hall–Kier alpha value is -4.12. The number of halogens is 2. The van der Waals surface area contributed by atoms with Crippen LogP contribution in [-0.2, 0) is 11.3 Å². The van der Waals surface area contributed by atoms with Crippen LogP contribution in [0.5, 0.6) is 11.5 Å². The predicted octanol–water partition coefficient (Wildman–Crippen LogP) is 5.29. The smallest absolute Gasteiger partial charge is 0.260 e. The van der Waals surface area contributed by atoms with Crippen molar-refractivity contribution in [1.29, 1.82) is 0 Å². The molecule has 4 aromatic rings. The summed E-state index contributed by atoms with van der Waals surface area (Å²) in [6.45, 7) is 5.61. The molecule has 0 radical (unpaired) electrons. The molecule has 0 spiro atoms. The van der Waals surface area contributed by atoms with Gasteiger partial charge in [0.1, 0.15) is 17.1 Å². The van der Waals surface area contributed by atoms with Crippen LogP contribution in [0.25, 0.3) is 22.2 Å². The van der Waals surface area contributed by atoms with Gasteiger partial charge < -0.3 is 25.0 Å². The zero-order valence-corrected chi connectivity index (χ0v) is 25.4. The summed E-state index contributed by atoms with van der Waals surface area (Å²) in [5.41, 5.74) is 1.47. The number of anilines is 2. The lowest BCUT2D eigenvalue weighted by atomic mass is 10.0. The highest BCUT2D eigenvalue weighted by Gasteiger charge is 2.24. The first-order valence-electron chi connectivity index (χ1n) is 13.8. The highest BCUT2D eigenvalue weighted by atomic mass is 35.5. The van der Waals surface area contributed by atoms with Crippen LogP contribution >= 0.6 is 23.2 Å². The number of piperidine rings is 1. The van der Waals surface area contributed by atoms with Crippen LogP contribution in [0.3, 0.4) is 0 Å². The number of carbonyl (C=O) groups excluding carboxylic acids is 1. The van der Waals surface area contributed by atoms with Gasteiger partial charge in [-0.1, -0.05) is 48.0 Å². The molecule has 1 fully saturated rings. The van der Waals surface area contributed by atoms with Gasteiger partial charge in [0.05, 0.1) is 29.8 Å². The van der Waals surface area contributed by atoms with Crippen molar-refractivity contribution in [1.82, 2.24) is 24.8 Å². The number of nitrogens with one attached hydrogen (secondary N) is 2. The van der Waals surface area contributed by atoms with Crippen LogP contribution in [0.4, 0.5) is 11.6 Å². The average Bonchev–Trinajstić information content (AvgIpc) is 3.03. The Morgan fingerprint density at radius 1 is 1.14 bits per heavy atom. The van der Waals surface area contributed by atoms with Crippen LogP contribution in [0.15, 0.2) is 66.1 Å². The Kier molecular flexibility index (Phi) is 9.49. The highest BCUT2D eigenvalue weighted by molar-refractivity contribution is 6.41. The molecule has 224 valence electrons. The zero-order valence-electron chi connectivity index (χ0n) is 23.9. The van der Waals surface area contributed by atoms with Gasteiger partial charge in [0, 0.05) is 61.1 Å². The van der Waals surface area contributed by atoms with Gasteiger partial charge in [0.25, 0.3) is 5.56 Å². The molecule has 5 rings (SSSR count). The third-order valence-electron chi connectivity index (χ3n) is 7.38. The number of para-hydroxylation sites is 1. The molecule has 1 amide bonds. The van der Waals surface area contributed by atoms with Gasteiger partial charge in [0.15, 0.2) is 0 Å². The Morgan fingerprint density at radius 3 is 2.53 bits per heavy atom. The van der Waals surface area contributed by atoms with E-state index < -0.39 is 0 Å². The number of hydrogen-bond donors (Lipinski definition) is 2. The van der Waals surface area contributed by atoms with Crippen molar-refractivity contribution in [2.75, 3.05) is 39.2 Å². The third kappa shape index (κ3) is 6.46. The second-order valence-corrected chi connectivity index (χ2v) is 10.8. The van der Waals surface area contributed by atoms with E-state index in [-0.39, 0.29) is 39.7 Å². The van der Waals surface area contributed by atoms with E-state index in [1.807, 2.05) is 30.3 Å². The summed E-state index contributed by atoms with van der Waals surface area (Å²) >= 11 is 13.4. The minimum atomic E-state index is -0.343. The Bertz CT molecular complexity index is 1680. The topological polar surface area (TPSA) is 111 Å². The number of fused-ring (bicyclic) bond motifs is 1. The van der Waals surface area contributed by atoms with Gasteiger partial charge in [0.2, 0.25) is 11.9 Å². The van der Waals surface area contributed by atoms with Gasteiger partial charge in [-0.05, 0) is 37.1 Å². The molecule has 43 heavy (non-hydrogen) atoms. The van der Waals surface area contributed by atoms with E-state index in [9.17, 15) is 9.59 Å². The number of methoxy groups -OCH3 is 2. The molecule has 1 atom stereocenters. The van der Waals surface area contributed by atoms with Crippen molar-refractivity contribution < 1.29 is 14.3 Å².